The van der Waals surface area contributed by atoms with Crippen LogP contribution in [0, 0.1) is 0 Å². The third-order valence-corrected chi connectivity index (χ3v) is 8.17. The molecule has 0 aromatic heterocycles. The lowest BCUT2D eigenvalue weighted by Crippen LogP contribution is -2.27. The van der Waals surface area contributed by atoms with E-state index in [1.807, 2.05) is 0 Å². The third kappa shape index (κ3) is 36.7. The molecular weight excluding hydrogens is 556 g/mol. The molecule has 0 bridgehead atoms. The van der Waals surface area contributed by atoms with Crippen LogP contribution in [0.25, 0.3) is 0 Å². The molecule has 0 aromatic rings. The lowest BCUT2D eigenvalue weighted by atomic mass is 10.1. The van der Waals surface area contributed by atoms with Crippen LogP contribution in [0.5, 0.6) is 0 Å². The standard InChI is InChI=1S/C41H74O4/c1-3-5-7-9-11-13-15-16-17-18-19-20-21-22-23-24-25-27-29-31-33-35-37-44-39-40(38-42)45-41(43)36-34-32-30-28-26-14-12-10-8-6-4-2/h5,7,11,13,16-17,19-20,40,42H,3-4,6,8-10,12,14-15,18,21-39H2,1-2H3/b7-5-,13-11-,17-16-,20-19-. The summed E-state index contributed by atoms with van der Waals surface area (Å²) in [4.78, 5) is 12.1. The Morgan fingerprint density at radius 2 is 1.00 bits per heavy atom. The molecule has 0 heterocycles. The van der Waals surface area contributed by atoms with Crippen molar-refractivity contribution < 1.29 is 19.4 Å². The zero-order chi connectivity index (χ0) is 32.7. The molecule has 262 valence electrons. The van der Waals surface area contributed by atoms with Crippen molar-refractivity contribution >= 4 is 5.97 Å². The lowest BCUT2D eigenvalue weighted by Gasteiger charge is -2.16. The highest BCUT2D eigenvalue weighted by Crippen LogP contribution is 2.13. The molecule has 0 aromatic carbocycles. The number of hydrogen-bond acceptors (Lipinski definition) is 4. The van der Waals surface area contributed by atoms with Gasteiger partial charge in [-0.1, -0.05) is 172 Å². The van der Waals surface area contributed by atoms with E-state index in [0.29, 0.717) is 19.6 Å². The summed E-state index contributed by atoms with van der Waals surface area (Å²) in [5.74, 6) is -0.205. The average molecular weight is 631 g/mol. The van der Waals surface area contributed by atoms with Gasteiger partial charge in [-0.25, -0.2) is 0 Å². The van der Waals surface area contributed by atoms with E-state index in [9.17, 15) is 9.90 Å². The van der Waals surface area contributed by atoms with Gasteiger partial charge in [-0.3, -0.25) is 4.79 Å². The second-order valence-electron chi connectivity index (χ2n) is 12.6. The van der Waals surface area contributed by atoms with Crippen LogP contribution in [-0.2, 0) is 14.3 Å². The predicted molar refractivity (Wildman–Crippen MR) is 196 cm³/mol. The number of carbonyl (C=O) groups is 1. The van der Waals surface area contributed by atoms with E-state index in [1.54, 1.807) is 0 Å². The van der Waals surface area contributed by atoms with Gasteiger partial charge in [-0.15, -0.1) is 0 Å². The summed E-state index contributed by atoms with van der Waals surface area (Å²) in [5.41, 5.74) is 0. The van der Waals surface area contributed by atoms with Gasteiger partial charge in [0.2, 0.25) is 0 Å². The molecule has 4 nitrogen and oxygen atoms in total. The van der Waals surface area contributed by atoms with Crippen molar-refractivity contribution in [3.05, 3.63) is 48.6 Å². The van der Waals surface area contributed by atoms with Crippen molar-refractivity contribution in [1.29, 1.82) is 0 Å². The zero-order valence-corrected chi connectivity index (χ0v) is 29.9. The number of rotatable bonds is 35. The number of esters is 1. The molecule has 1 atom stereocenters. The van der Waals surface area contributed by atoms with Gasteiger partial charge >= 0.3 is 5.97 Å². The topological polar surface area (TPSA) is 55.8 Å². The number of allylic oxidation sites excluding steroid dienone is 8. The molecule has 0 rings (SSSR count). The van der Waals surface area contributed by atoms with E-state index in [-0.39, 0.29) is 12.6 Å². The number of aliphatic hydroxyl groups excluding tert-OH is 1. The van der Waals surface area contributed by atoms with Crippen LogP contribution in [0.1, 0.15) is 181 Å². The first-order valence-corrected chi connectivity index (χ1v) is 19.2. The summed E-state index contributed by atoms with van der Waals surface area (Å²) >= 11 is 0. The molecular formula is C41H74O4. The summed E-state index contributed by atoms with van der Waals surface area (Å²) in [6.07, 6.45) is 48.7. The van der Waals surface area contributed by atoms with E-state index >= 15 is 0 Å². The van der Waals surface area contributed by atoms with Gasteiger partial charge in [0, 0.05) is 13.0 Å². The van der Waals surface area contributed by atoms with Gasteiger partial charge < -0.3 is 14.6 Å². The van der Waals surface area contributed by atoms with Gasteiger partial charge in [-0.05, 0) is 51.4 Å². The number of aliphatic hydroxyl groups is 1. The van der Waals surface area contributed by atoms with Crippen LogP contribution in [-0.4, -0.2) is 37.0 Å². The largest absolute Gasteiger partial charge is 0.457 e. The van der Waals surface area contributed by atoms with Crippen molar-refractivity contribution in [2.45, 2.75) is 187 Å². The Morgan fingerprint density at radius 3 is 1.51 bits per heavy atom. The first-order chi connectivity index (χ1) is 22.2. The fraction of sp³-hybridized carbons (Fsp3) is 0.780. The molecule has 0 aliphatic carbocycles. The van der Waals surface area contributed by atoms with Gasteiger partial charge in [0.25, 0.3) is 0 Å². The second kappa shape index (κ2) is 38.5. The molecule has 0 aliphatic heterocycles. The Hall–Kier alpha value is -1.65. The Kier molecular flexibility index (Phi) is 37.1. The third-order valence-electron chi connectivity index (χ3n) is 8.17. The molecule has 0 spiro atoms. The van der Waals surface area contributed by atoms with Crippen LogP contribution in [0.15, 0.2) is 48.6 Å². The maximum atomic E-state index is 12.1. The highest BCUT2D eigenvalue weighted by molar-refractivity contribution is 5.69. The van der Waals surface area contributed by atoms with E-state index < -0.39 is 6.10 Å². The Balaban J connectivity index is 3.44. The minimum Gasteiger partial charge on any atom is -0.457 e. The minimum atomic E-state index is -0.534. The van der Waals surface area contributed by atoms with Crippen LogP contribution in [0.2, 0.25) is 0 Å². The van der Waals surface area contributed by atoms with Gasteiger partial charge in [0.15, 0.2) is 0 Å². The molecule has 0 saturated heterocycles. The number of ether oxygens (including phenoxy) is 2. The van der Waals surface area contributed by atoms with Crippen molar-refractivity contribution in [1.82, 2.24) is 0 Å². The SMILES string of the molecule is CC/C=C\C/C=C\C/C=C\C/C=C\CCCCCCCCCCCOCC(CO)OC(=O)CCCCCCCCCCCCC. The average Bonchev–Trinajstić information content (AvgIpc) is 3.05. The number of carbonyl (C=O) groups excluding carboxylic acids is 1. The maximum absolute atomic E-state index is 12.1. The number of hydrogen-bond donors (Lipinski definition) is 1. The molecule has 0 amide bonds. The summed E-state index contributed by atoms with van der Waals surface area (Å²) in [6.45, 7) is 5.22. The monoisotopic (exact) mass is 631 g/mol. The van der Waals surface area contributed by atoms with Crippen LogP contribution in [0.4, 0.5) is 0 Å². The molecule has 1 N–H and O–H groups in total. The Labute approximate surface area is 280 Å². The predicted octanol–water partition coefficient (Wildman–Crippen LogP) is 12.3. The van der Waals surface area contributed by atoms with Gasteiger partial charge in [-0.2, -0.15) is 0 Å². The normalized spacial score (nSPS) is 12.9. The first kappa shape index (κ1) is 43.4. The van der Waals surface area contributed by atoms with Crippen LogP contribution < -0.4 is 0 Å². The Bertz CT molecular complexity index is 708. The van der Waals surface area contributed by atoms with Crippen LogP contribution >= 0.6 is 0 Å². The van der Waals surface area contributed by atoms with E-state index in [4.69, 9.17) is 9.47 Å². The molecule has 0 aliphatic rings. The van der Waals surface area contributed by atoms with Crippen molar-refractivity contribution in [2.24, 2.45) is 0 Å². The van der Waals surface area contributed by atoms with Crippen molar-refractivity contribution in [2.75, 3.05) is 19.8 Å². The summed E-state index contributed by atoms with van der Waals surface area (Å²) in [7, 11) is 0. The van der Waals surface area contributed by atoms with Gasteiger partial charge in [0.1, 0.15) is 6.10 Å². The molecule has 0 saturated carbocycles. The van der Waals surface area contributed by atoms with Gasteiger partial charge in [0.05, 0.1) is 13.2 Å². The fourth-order valence-corrected chi connectivity index (χ4v) is 5.32. The summed E-state index contributed by atoms with van der Waals surface area (Å²) in [6, 6.07) is 0. The second-order valence-corrected chi connectivity index (χ2v) is 12.6. The molecule has 0 radical (unpaired) electrons. The fourth-order valence-electron chi connectivity index (χ4n) is 5.32. The summed E-state index contributed by atoms with van der Waals surface area (Å²) < 4.78 is 11.1. The lowest BCUT2D eigenvalue weighted by molar-refractivity contribution is -0.154. The zero-order valence-electron chi connectivity index (χ0n) is 29.9. The first-order valence-electron chi connectivity index (χ1n) is 19.2. The van der Waals surface area contributed by atoms with Crippen molar-refractivity contribution in [3.8, 4) is 0 Å². The quantitative estimate of drug-likeness (QED) is 0.0430. The van der Waals surface area contributed by atoms with E-state index in [1.165, 1.54) is 116 Å². The smallest absolute Gasteiger partial charge is 0.306 e. The molecule has 0 fully saturated rings. The maximum Gasteiger partial charge on any atom is 0.306 e. The molecule has 45 heavy (non-hydrogen) atoms. The molecule has 4 heteroatoms. The van der Waals surface area contributed by atoms with Crippen molar-refractivity contribution in [3.63, 3.8) is 0 Å². The number of unbranched alkanes of at least 4 members (excludes halogenated alkanes) is 19. The van der Waals surface area contributed by atoms with E-state index in [0.717, 1.165) is 44.9 Å². The summed E-state index contributed by atoms with van der Waals surface area (Å²) in [5, 5.41) is 9.55. The highest BCUT2D eigenvalue weighted by atomic mass is 16.6. The van der Waals surface area contributed by atoms with E-state index in [2.05, 4.69) is 62.5 Å². The highest BCUT2D eigenvalue weighted by Gasteiger charge is 2.13. The molecule has 1 unspecified atom stereocenters. The van der Waals surface area contributed by atoms with Crippen LogP contribution in [0.3, 0.4) is 0 Å². The minimum absolute atomic E-state index is 0.173. The Morgan fingerprint density at radius 1 is 0.556 bits per heavy atom.